The van der Waals surface area contributed by atoms with Crippen molar-refractivity contribution in [3.63, 3.8) is 0 Å². The van der Waals surface area contributed by atoms with Crippen molar-refractivity contribution in [3.05, 3.63) is 48.3 Å². The smallest absolute Gasteiger partial charge is 0.262 e. The zero-order valence-electron chi connectivity index (χ0n) is 17.1. The lowest BCUT2D eigenvalue weighted by Crippen LogP contribution is -2.37. The van der Waals surface area contributed by atoms with Crippen LogP contribution in [0.5, 0.6) is 5.88 Å². The maximum Gasteiger partial charge on any atom is 0.262 e. The van der Waals surface area contributed by atoms with Crippen LogP contribution in [0.25, 0.3) is 11.4 Å². The number of nitrogens with one attached hydrogen (secondary N) is 1. The van der Waals surface area contributed by atoms with E-state index in [1.54, 1.807) is 39.8 Å². The van der Waals surface area contributed by atoms with Crippen molar-refractivity contribution in [3.8, 4) is 5.88 Å². The summed E-state index contributed by atoms with van der Waals surface area (Å²) in [5, 5.41) is 7.09. The highest BCUT2D eigenvalue weighted by atomic mass is 16.5. The van der Waals surface area contributed by atoms with Gasteiger partial charge in [0.05, 0.1) is 30.7 Å². The molecule has 1 amide bonds. The molecule has 31 heavy (non-hydrogen) atoms. The molecule has 0 atom stereocenters. The highest BCUT2D eigenvalue weighted by Gasteiger charge is 2.54. The van der Waals surface area contributed by atoms with E-state index in [-0.39, 0.29) is 23.3 Å². The van der Waals surface area contributed by atoms with Gasteiger partial charge >= 0.3 is 0 Å². The summed E-state index contributed by atoms with van der Waals surface area (Å²) in [6.45, 7) is 4.47. The van der Waals surface area contributed by atoms with Crippen LogP contribution < -0.4 is 10.1 Å². The van der Waals surface area contributed by atoms with Gasteiger partial charge in [0.2, 0.25) is 11.7 Å². The van der Waals surface area contributed by atoms with Crippen molar-refractivity contribution in [2.24, 2.45) is 0 Å². The Morgan fingerprint density at radius 3 is 2.97 bits per heavy atom. The van der Waals surface area contributed by atoms with Crippen molar-refractivity contribution in [1.82, 2.24) is 29.0 Å². The summed E-state index contributed by atoms with van der Waals surface area (Å²) in [6.07, 6.45) is 10.8. The van der Waals surface area contributed by atoms with Gasteiger partial charge in [-0.15, -0.1) is 0 Å². The third-order valence-electron chi connectivity index (χ3n) is 5.91. The summed E-state index contributed by atoms with van der Waals surface area (Å²) in [7, 11) is 0. The highest BCUT2D eigenvalue weighted by molar-refractivity contribution is 6.07. The normalized spacial score (nSPS) is 22.2. The minimum Gasteiger partial charge on any atom is -0.474 e. The monoisotopic (exact) mass is 419 g/mol. The molecule has 0 spiro atoms. The van der Waals surface area contributed by atoms with Crippen LogP contribution in [-0.2, 0) is 10.2 Å². The number of nitrogens with zero attached hydrogens (tertiary/aromatic N) is 6. The Morgan fingerprint density at radius 2 is 2.19 bits per heavy atom. The molecular formula is C21H21N7O3. The molecule has 0 radical (unpaired) electrons. The van der Waals surface area contributed by atoms with E-state index in [0.29, 0.717) is 35.4 Å². The Hall–Kier alpha value is -3.53. The molecule has 0 aromatic carbocycles. The molecule has 1 aliphatic carbocycles. The third-order valence-corrected chi connectivity index (χ3v) is 5.91. The summed E-state index contributed by atoms with van der Waals surface area (Å²) in [6, 6.07) is 1.77. The lowest BCUT2D eigenvalue weighted by molar-refractivity contribution is 0.101. The average Bonchev–Trinajstić information content (AvgIpc) is 3.49. The van der Waals surface area contributed by atoms with Gasteiger partial charge in [-0.25, -0.2) is 14.5 Å². The van der Waals surface area contributed by atoms with Gasteiger partial charge in [0.15, 0.2) is 5.65 Å². The molecule has 2 saturated heterocycles. The summed E-state index contributed by atoms with van der Waals surface area (Å²) in [4.78, 5) is 26.8. The standard InChI is InChI=1S/C21H21N7O3/c1-12(2)31-19-14(18(29)24-15-8-23-28-5-3-4-22-17(15)28)9-27-10-16(25-20(27)26-19)21-6-13(7-21)30-11-21/h3-5,8-10,12-13H,6-7,11H2,1-2H3,(H,24,29). The van der Waals surface area contributed by atoms with E-state index in [0.717, 1.165) is 18.5 Å². The topological polar surface area (TPSA) is 108 Å². The largest absolute Gasteiger partial charge is 0.474 e. The van der Waals surface area contributed by atoms with Crippen LogP contribution in [0.4, 0.5) is 5.69 Å². The molecule has 1 N–H and O–H groups in total. The first-order valence-electron chi connectivity index (χ1n) is 10.3. The zero-order valence-corrected chi connectivity index (χ0v) is 17.1. The van der Waals surface area contributed by atoms with Gasteiger partial charge in [-0.1, -0.05) is 0 Å². The molecule has 4 aromatic rings. The van der Waals surface area contributed by atoms with E-state index in [1.807, 2.05) is 20.0 Å². The van der Waals surface area contributed by atoms with E-state index in [1.165, 1.54) is 0 Å². The second-order valence-electron chi connectivity index (χ2n) is 8.48. The minimum atomic E-state index is -0.355. The van der Waals surface area contributed by atoms with E-state index in [4.69, 9.17) is 14.5 Å². The Kier molecular flexibility index (Phi) is 3.82. The molecule has 7 rings (SSSR count). The Morgan fingerprint density at radius 1 is 1.32 bits per heavy atom. The summed E-state index contributed by atoms with van der Waals surface area (Å²) >= 11 is 0. The molecule has 2 bridgehead atoms. The molecule has 3 aliphatic rings. The van der Waals surface area contributed by atoms with Crippen LogP contribution in [0.1, 0.15) is 42.7 Å². The lowest BCUT2D eigenvalue weighted by atomic mass is 9.68. The zero-order chi connectivity index (χ0) is 21.2. The number of fused-ring (bicyclic) bond motifs is 3. The Balaban J connectivity index is 1.39. The molecule has 10 nitrogen and oxygen atoms in total. The van der Waals surface area contributed by atoms with E-state index < -0.39 is 0 Å². The summed E-state index contributed by atoms with van der Waals surface area (Å²) in [5.74, 6) is 0.393. The van der Waals surface area contributed by atoms with Gasteiger partial charge in [-0.05, 0) is 32.8 Å². The van der Waals surface area contributed by atoms with Crippen LogP contribution in [-0.4, -0.2) is 53.7 Å². The van der Waals surface area contributed by atoms with E-state index >= 15 is 0 Å². The van der Waals surface area contributed by atoms with Gasteiger partial charge in [0, 0.05) is 30.2 Å². The number of rotatable bonds is 5. The molecular weight excluding hydrogens is 398 g/mol. The van der Waals surface area contributed by atoms with Crippen molar-refractivity contribution < 1.29 is 14.3 Å². The van der Waals surface area contributed by atoms with Crippen molar-refractivity contribution in [2.75, 3.05) is 11.9 Å². The molecule has 0 unspecified atom stereocenters. The first-order valence-corrected chi connectivity index (χ1v) is 10.3. The minimum absolute atomic E-state index is 0.0252. The van der Waals surface area contributed by atoms with Gasteiger partial charge < -0.3 is 14.8 Å². The Labute approximate surface area is 177 Å². The molecule has 6 heterocycles. The van der Waals surface area contributed by atoms with Crippen LogP contribution in [0.3, 0.4) is 0 Å². The predicted molar refractivity (Wildman–Crippen MR) is 110 cm³/mol. The van der Waals surface area contributed by atoms with Crippen molar-refractivity contribution >= 4 is 23.0 Å². The lowest BCUT2D eigenvalue weighted by Gasteiger charge is -2.33. The highest BCUT2D eigenvalue weighted by Crippen LogP contribution is 2.51. The molecule has 4 aromatic heterocycles. The number of ether oxygens (including phenoxy) is 2. The number of imidazole rings is 1. The number of carbonyl (C=O) groups excluding carboxylic acids is 1. The number of hydrogen-bond acceptors (Lipinski definition) is 7. The summed E-state index contributed by atoms with van der Waals surface area (Å²) in [5.41, 5.74) is 2.31. The molecule has 2 aliphatic heterocycles. The molecule has 1 saturated carbocycles. The predicted octanol–water partition coefficient (Wildman–Crippen LogP) is 2.24. The SMILES string of the molecule is CC(C)Oc1nc2nc(C34COC(C3)C4)cn2cc1C(=O)Nc1cnn2cccnc12. The fraction of sp³-hybridized carbons (Fsp3) is 0.381. The first kappa shape index (κ1) is 18.3. The number of hydrogen-bond donors (Lipinski definition) is 1. The average molecular weight is 419 g/mol. The van der Waals surface area contributed by atoms with Crippen molar-refractivity contribution in [2.45, 2.75) is 44.3 Å². The number of amides is 1. The number of carbonyl (C=O) groups is 1. The second kappa shape index (κ2) is 6.48. The maximum absolute atomic E-state index is 13.2. The fourth-order valence-corrected chi connectivity index (χ4v) is 4.34. The van der Waals surface area contributed by atoms with Gasteiger partial charge in [0.1, 0.15) is 11.3 Å². The summed E-state index contributed by atoms with van der Waals surface area (Å²) < 4.78 is 15.0. The molecule has 10 heteroatoms. The second-order valence-corrected chi connectivity index (χ2v) is 8.48. The van der Waals surface area contributed by atoms with Crippen LogP contribution >= 0.6 is 0 Å². The number of anilines is 1. The van der Waals surface area contributed by atoms with Crippen LogP contribution in [0.2, 0.25) is 0 Å². The van der Waals surface area contributed by atoms with Crippen molar-refractivity contribution in [1.29, 1.82) is 0 Å². The van der Waals surface area contributed by atoms with Gasteiger partial charge in [-0.3, -0.25) is 9.20 Å². The van der Waals surface area contributed by atoms with E-state index in [9.17, 15) is 4.79 Å². The van der Waals surface area contributed by atoms with Crippen LogP contribution in [0.15, 0.2) is 37.1 Å². The molecule has 3 fully saturated rings. The first-order chi connectivity index (χ1) is 15.0. The van der Waals surface area contributed by atoms with Gasteiger partial charge in [-0.2, -0.15) is 10.1 Å². The van der Waals surface area contributed by atoms with Gasteiger partial charge in [0.25, 0.3) is 5.91 Å². The molecule has 158 valence electrons. The number of aromatic nitrogens is 6. The fourth-order valence-electron chi connectivity index (χ4n) is 4.34. The third kappa shape index (κ3) is 2.86. The van der Waals surface area contributed by atoms with E-state index in [2.05, 4.69) is 20.4 Å². The maximum atomic E-state index is 13.2. The van der Waals surface area contributed by atoms with Crippen LogP contribution in [0, 0.1) is 0 Å². The quantitative estimate of drug-likeness (QED) is 0.528. The Bertz CT molecular complexity index is 1310.